The molecule has 0 atom stereocenters. The summed E-state index contributed by atoms with van der Waals surface area (Å²) in [5.41, 5.74) is 1.75. The highest BCUT2D eigenvalue weighted by Crippen LogP contribution is 2.17. The van der Waals surface area contributed by atoms with Gasteiger partial charge in [-0.25, -0.2) is 13.8 Å². The van der Waals surface area contributed by atoms with Gasteiger partial charge in [0.15, 0.2) is 0 Å². The van der Waals surface area contributed by atoms with Crippen molar-refractivity contribution in [2.45, 2.75) is 26.9 Å². The van der Waals surface area contributed by atoms with Crippen LogP contribution in [-0.2, 0) is 17.9 Å². The third-order valence-electron chi connectivity index (χ3n) is 5.08. The zero-order valence-corrected chi connectivity index (χ0v) is 17.8. The Morgan fingerprint density at radius 3 is 2.52 bits per heavy atom. The van der Waals surface area contributed by atoms with Crippen LogP contribution in [-0.4, -0.2) is 15.0 Å². The van der Waals surface area contributed by atoms with Crippen LogP contribution in [0.4, 0.5) is 4.39 Å². The first-order valence-corrected chi connectivity index (χ1v) is 10.5. The summed E-state index contributed by atoms with van der Waals surface area (Å²) in [6.07, 6.45) is 0. The molecule has 4 rings (SSSR count). The Morgan fingerprint density at radius 1 is 1.06 bits per heavy atom. The summed E-state index contributed by atoms with van der Waals surface area (Å²) in [6.45, 7) is 3.65. The normalized spacial score (nSPS) is 11.1. The third-order valence-corrected chi connectivity index (χ3v) is 5.97. The van der Waals surface area contributed by atoms with E-state index in [2.05, 4.69) is 5.32 Å². The number of hydrogen-bond acceptors (Lipinski definition) is 4. The maximum atomic E-state index is 14.1. The summed E-state index contributed by atoms with van der Waals surface area (Å²) < 4.78 is 16.6. The molecule has 4 aromatic rings. The highest BCUT2D eigenvalue weighted by molar-refractivity contribution is 7.17. The van der Waals surface area contributed by atoms with Crippen LogP contribution >= 0.6 is 11.3 Å². The number of rotatable bonds is 5. The van der Waals surface area contributed by atoms with Crippen molar-refractivity contribution in [3.63, 3.8) is 0 Å². The van der Waals surface area contributed by atoms with Crippen molar-refractivity contribution in [1.29, 1.82) is 0 Å². The molecule has 6 nitrogen and oxygen atoms in total. The summed E-state index contributed by atoms with van der Waals surface area (Å²) in [5.74, 6) is -0.882. The van der Waals surface area contributed by atoms with E-state index in [-0.39, 0.29) is 18.1 Å². The van der Waals surface area contributed by atoms with Gasteiger partial charge in [0, 0.05) is 6.54 Å². The molecule has 0 unspecified atom stereocenters. The van der Waals surface area contributed by atoms with E-state index in [9.17, 15) is 18.8 Å². The summed E-state index contributed by atoms with van der Waals surface area (Å²) in [6, 6.07) is 13.6. The Hall–Kier alpha value is -3.52. The Labute approximate surface area is 181 Å². The highest BCUT2D eigenvalue weighted by Gasteiger charge is 2.18. The number of carbonyl (C=O) groups is 1. The molecule has 31 heavy (non-hydrogen) atoms. The molecule has 0 aliphatic heterocycles. The Bertz CT molecular complexity index is 1400. The number of carbonyl (C=O) groups excluding carboxylic acids is 1. The van der Waals surface area contributed by atoms with Gasteiger partial charge in [-0.05, 0) is 48.6 Å². The van der Waals surface area contributed by atoms with Gasteiger partial charge in [-0.2, -0.15) is 0 Å². The van der Waals surface area contributed by atoms with Gasteiger partial charge in [-0.1, -0.05) is 35.9 Å². The van der Waals surface area contributed by atoms with Crippen LogP contribution in [0.3, 0.4) is 0 Å². The van der Waals surface area contributed by atoms with Crippen LogP contribution in [0.15, 0.2) is 63.5 Å². The summed E-state index contributed by atoms with van der Waals surface area (Å²) in [7, 11) is 0. The molecule has 0 aliphatic carbocycles. The number of hydrogen-bond donors (Lipinski definition) is 1. The number of nitrogens with zero attached hydrogens (tertiary/aromatic N) is 2. The Kier molecular flexibility index (Phi) is 5.56. The molecular weight excluding hydrogens is 417 g/mol. The molecular formula is C23H20FN3O3S. The number of thiophene rings is 1. The first-order chi connectivity index (χ1) is 14.8. The maximum absolute atomic E-state index is 14.1. The maximum Gasteiger partial charge on any atom is 0.336 e. The Morgan fingerprint density at radius 2 is 1.81 bits per heavy atom. The number of aryl methyl sites for hydroxylation is 2. The second kappa shape index (κ2) is 8.31. The molecule has 2 aromatic carbocycles. The fourth-order valence-electron chi connectivity index (χ4n) is 3.29. The predicted octanol–water partition coefficient (Wildman–Crippen LogP) is 3.29. The minimum atomic E-state index is -0.690. The fourth-order valence-corrected chi connectivity index (χ4v) is 4.12. The first kappa shape index (κ1) is 20.7. The molecule has 8 heteroatoms. The molecule has 0 bridgehead atoms. The van der Waals surface area contributed by atoms with E-state index < -0.39 is 17.1 Å². The van der Waals surface area contributed by atoms with Crippen molar-refractivity contribution in [1.82, 2.24) is 14.5 Å². The monoisotopic (exact) mass is 437 g/mol. The standard InChI is InChI=1S/C23H20FN3O3S/c1-14-3-6-16(7-4-14)12-25-20(28)13-26-19-9-10-31-21(19)22(29)27(23(26)30)17-8-5-15(2)18(24)11-17/h3-11H,12-13H2,1-2H3,(H,25,28). The van der Waals surface area contributed by atoms with Gasteiger partial charge in [-0.3, -0.25) is 14.2 Å². The number of aromatic nitrogens is 2. The topological polar surface area (TPSA) is 73.1 Å². The van der Waals surface area contributed by atoms with E-state index in [0.29, 0.717) is 22.3 Å². The van der Waals surface area contributed by atoms with Gasteiger partial charge in [0.1, 0.15) is 17.1 Å². The zero-order valence-electron chi connectivity index (χ0n) is 17.0. The van der Waals surface area contributed by atoms with Gasteiger partial charge < -0.3 is 5.32 Å². The van der Waals surface area contributed by atoms with Crippen molar-refractivity contribution in [2.24, 2.45) is 0 Å². The van der Waals surface area contributed by atoms with E-state index in [4.69, 9.17) is 0 Å². The second-order valence-electron chi connectivity index (χ2n) is 7.34. The molecule has 0 aliphatic rings. The molecule has 158 valence electrons. The van der Waals surface area contributed by atoms with Crippen molar-refractivity contribution in [2.75, 3.05) is 0 Å². The lowest BCUT2D eigenvalue weighted by Crippen LogP contribution is -2.41. The summed E-state index contributed by atoms with van der Waals surface area (Å²) in [4.78, 5) is 38.7. The minimum Gasteiger partial charge on any atom is -0.350 e. The lowest BCUT2D eigenvalue weighted by atomic mass is 10.1. The predicted molar refractivity (Wildman–Crippen MR) is 119 cm³/mol. The van der Waals surface area contributed by atoms with Gasteiger partial charge in [0.25, 0.3) is 5.56 Å². The molecule has 0 fully saturated rings. The summed E-state index contributed by atoms with van der Waals surface area (Å²) in [5, 5.41) is 4.49. The zero-order chi connectivity index (χ0) is 22.1. The smallest absolute Gasteiger partial charge is 0.336 e. The third kappa shape index (κ3) is 4.06. The van der Waals surface area contributed by atoms with Gasteiger partial charge in [0.2, 0.25) is 5.91 Å². The lowest BCUT2D eigenvalue weighted by Gasteiger charge is -2.13. The lowest BCUT2D eigenvalue weighted by molar-refractivity contribution is -0.121. The second-order valence-corrected chi connectivity index (χ2v) is 8.26. The highest BCUT2D eigenvalue weighted by atomic mass is 32.1. The average molecular weight is 437 g/mol. The SMILES string of the molecule is Cc1ccc(CNC(=O)Cn2c(=O)n(-c3ccc(C)c(F)c3)c(=O)c3sccc32)cc1. The van der Waals surface area contributed by atoms with Crippen molar-refractivity contribution < 1.29 is 9.18 Å². The van der Waals surface area contributed by atoms with E-state index in [1.807, 2.05) is 31.2 Å². The Balaban J connectivity index is 1.70. The van der Waals surface area contributed by atoms with Gasteiger partial charge >= 0.3 is 5.69 Å². The van der Waals surface area contributed by atoms with E-state index in [1.165, 1.54) is 28.0 Å². The van der Waals surface area contributed by atoms with Gasteiger partial charge in [-0.15, -0.1) is 11.3 Å². The van der Waals surface area contributed by atoms with Crippen LogP contribution < -0.4 is 16.6 Å². The van der Waals surface area contributed by atoms with E-state index in [0.717, 1.165) is 21.8 Å². The number of amides is 1. The molecule has 1 amide bonds. The number of fused-ring (bicyclic) bond motifs is 1. The molecule has 2 heterocycles. The van der Waals surface area contributed by atoms with Crippen LogP contribution in [0.1, 0.15) is 16.7 Å². The number of benzene rings is 2. The van der Waals surface area contributed by atoms with Gasteiger partial charge in [0.05, 0.1) is 11.2 Å². The molecule has 1 N–H and O–H groups in total. The molecule has 0 saturated carbocycles. The molecule has 0 spiro atoms. The van der Waals surface area contributed by atoms with Crippen molar-refractivity contribution >= 4 is 27.5 Å². The molecule has 0 radical (unpaired) electrons. The van der Waals surface area contributed by atoms with Crippen LogP contribution in [0.25, 0.3) is 15.9 Å². The first-order valence-electron chi connectivity index (χ1n) is 9.67. The quantitative estimate of drug-likeness (QED) is 0.521. The largest absolute Gasteiger partial charge is 0.350 e. The average Bonchev–Trinajstić information content (AvgIpc) is 3.23. The van der Waals surface area contributed by atoms with Crippen LogP contribution in [0, 0.1) is 19.7 Å². The number of halogens is 1. The van der Waals surface area contributed by atoms with E-state index in [1.54, 1.807) is 18.4 Å². The van der Waals surface area contributed by atoms with E-state index >= 15 is 0 Å². The van der Waals surface area contributed by atoms with Crippen LogP contribution in [0.2, 0.25) is 0 Å². The molecule has 0 saturated heterocycles. The van der Waals surface area contributed by atoms with Crippen molar-refractivity contribution in [3.05, 3.63) is 97.3 Å². The van der Waals surface area contributed by atoms with Crippen LogP contribution in [0.5, 0.6) is 0 Å². The molecule has 2 aromatic heterocycles. The van der Waals surface area contributed by atoms with Crippen molar-refractivity contribution in [3.8, 4) is 5.69 Å². The fraction of sp³-hybridized carbons (Fsp3) is 0.174. The number of nitrogens with one attached hydrogen (secondary N) is 1. The summed E-state index contributed by atoms with van der Waals surface area (Å²) >= 11 is 1.17. The minimum absolute atomic E-state index is 0.127.